The number of nitrogens with one attached hydrogen (secondary N) is 1. The van der Waals surface area contributed by atoms with Crippen molar-refractivity contribution in [1.29, 1.82) is 0 Å². The molecule has 3 heteroatoms. The van der Waals surface area contributed by atoms with Crippen LogP contribution >= 0.6 is 0 Å². The number of likely N-dealkylation sites (N-methyl/N-ethyl adjacent to an activating group) is 1. The lowest BCUT2D eigenvalue weighted by Crippen LogP contribution is -2.40. The van der Waals surface area contributed by atoms with Crippen LogP contribution in [0.25, 0.3) is 0 Å². The summed E-state index contributed by atoms with van der Waals surface area (Å²) < 4.78 is 10.5. The Balaban J connectivity index is 1.99. The predicted molar refractivity (Wildman–Crippen MR) is 39.1 cm³/mol. The maximum atomic E-state index is 5.54. The van der Waals surface area contributed by atoms with Crippen LogP contribution in [0.5, 0.6) is 0 Å². The summed E-state index contributed by atoms with van der Waals surface area (Å²) in [5.41, 5.74) is 0. The minimum absolute atomic E-state index is 0.305. The molecule has 0 aromatic rings. The number of hydrogen-bond acceptors (Lipinski definition) is 3. The van der Waals surface area contributed by atoms with Crippen molar-refractivity contribution in [1.82, 2.24) is 5.32 Å². The number of rotatable bonds is 4. The van der Waals surface area contributed by atoms with E-state index in [1.165, 1.54) is 0 Å². The molecule has 1 fully saturated rings. The summed E-state index contributed by atoms with van der Waals surface area (Å²) in [5.74, 6) is 0. The number of hydrogen-bond donors (Lipinski definition) is 1. The highest BCUT2D eigenvalue weighted by molar-refractivity contribution is 4.67. The Morgan fingerprint density at radius 1 is 1.70 bits per heavy atom. The van der Waals surface area contributed by atoms with E-state index < -0.39 is 0 Å². The zero-order valence-corrected chi connectivity index (χ0v) is 6.59. The Bertz CT molecular complexity index is 93.6. The van der Waals surface area contributed by atoms with Crippen LogP contribution in [0.1, 0.15) is 6.92 Å². The quantitative estimate of drug-likeness (QED) is 0.604. The van der Waals surface area contributed by atoms with Crippen molar-refractivity contribution < 1.29 is 9.47 Å². The molecule has 0 radical (unpaired) electrons. The van der Waals surface area contributed by atoms with Crippen LogP contribution in [0.3, 0.4) is 0 Å². The van der Waals surface area contributed by atoms with Gasteiger partial charge in [0.25, 0.3) is 0 Å². The molecule has 1 heterocycles. The van der Waals surface area contributed by atoms with Crippen molar-refractivity contribution >= 4 is 0 Å². The van der Waals surface area contributed by atoms with Crippen molar-refractivity contribution in [2.24, 2.45) is 0 Å². The normalized spacial score (nSPS) is 22.2. The van der Waals surface area contributed by atoms with Crippen molar-refractivity contribution in [2.45, 2.75) is 19.1 Å². The standard InChI is InChI=1S/C7H15NO2/c1-6(3-8-2)10-7-4-9-5-7/h6-8H,3-5H2,1-2H3. The van der Waals surface area contributed by atoms with E-state index in [2.05, 4.69) is 12.2 Å². The van der Waals surface area contributed by atoms with Gasteiger partial charge in [0, 0.05) is 6.54 Å². The van der Waals surface area contributed by atoms with Crippen molar-refractivity contribution in [3.63, 3.8) is 0 Å². The van der Waals surface area contributed by atoms with Gasteiger partial charge in [-0.25, -0.2) is 0 Å². The van der Waals surface area contributed by atoms with Crippen molar-refractivity contribution in [2.75, 3.05) is 26.8 Å². The molecule has 0 aromatic heterocycles. The predicted octanol–water partition coefficient (Wildman–Crippen LogP) is 0.00970. The molecule has 0 aliphatic carbocycles. The molecule has 0 amide bonds. The van der Waals surface area contributed by atoms with E-state index in [1.54, 1.807) is 0 Å². The van der Waals surface area contributed by atoms with Gasteiger partial charge in [-0.05, 0) is 14.0 Å². The summed E-state index contributed by atoms with van der Waals surface area (Å²) in [7, 11) is 1.93. The van der Waals surface area contributed by atoms with Gasteiger partial charge in [-0.15, -0.1) is 0 Å². The largest absolute Gasteiger partial charge is 0.376 e. The van der Waals surface area contributed by atoms with E-state index in [1.807, 2.05) is 7.05 Å². The van der Waals surface area contributed by atoms with Gasteiger partial charge in [0.2, 0.25) is 0 Å². The molecular weight excluding hydrogens is 130 g/mol. The summed E-state index contributed by atoms with van der Waals surface area (Å²) in [5, 5.41) is 3.06. The first-order valence-electron chi connectivity index (χ1n) is 3.70. The van der Waals surface area contributed by atoms with Crippen LogP contribution in [-0.2, 0) is 9.47 Å². The minimum atomic E-state index is 0.305. The highest BCUT2D eigenvalue weighted by Gasteiger charge is 2.20. The van der Waals surface area contributed by atoms with Crippen molar-refractivity contribution in [3.05, 3.63) is 0 Å². The molecule has 1 aliphatic heterocycles. The van der Waals surface area contributed by atoms with Crippen LogP contribution < -0.4 is 5.32 Å². The lowest BCUT2D eigenvalue weighted by Gasteiger charge is -2.28. The van der Waals surface area contributed by atoms with Crippen LogP contribution in [0.15, 0.2) is 0 Å². The third kappa shape index (κ3) is 2.25. The Kier molecular flexibility index (Phi) is 3.12. The first kappa shape index (κ1) is 7.98. The van der Waals surface area contributed by atoms with Crippen LogP contribution in [-0.4, -0.2) is 39.0 Å². The molecule has 0 bridgehead atoms. The molecule has 1 rings (SSSR count). The lowest BCUT2D eigenvalue weighted by atomic mass is 10.3. The SMILES string of the molecule is CNCC(C)OC1COC1. The molecule has 3 nitrogen and oxygen atoms in total. The van der Waals surface area contributed by atoms with E-state index in [4.69, 9.17) is 9.47 Å². The van der Waals surface area contributed by atoms with E-state index in [0.29, 0.717) is 12.2 Å². The fourth-order valence-electron chi connectivity index (χ4n) is 0.957. The van der Waals surface area contributed by atoms with Crippen LogP contribution in [0, 0.1) is 0 Å². The van der Waals surface area contributed by atoms with Gasteiger partial charge in [0.05, 0.1) is 19.3 Å². The van der Waals surface area contributed by atoms with Gasteiger partial charge in [0.1, 0.15) is 6.10 Å². The second-order valence-electron chi connectivity index (χ2n) is 2.66. The minimum Gasteiger partial charge on any atom is -0.376 e. The van der Waals surface area contributed by atoms with Crippen LogP contribution in [0.4, 0.5) is 0 Å². The van der Waals surface area contributed by atoms with Gasteiger partial charge in [-0.1, -0.05) is 0 Å². The third-order valence-electron chi connectivity index (χ3n) is 1.52. The Morgan fingerprint density at radius 2 is 2.40 bits per heavy atom. The maximum Gasteiger partial charge on any atom is 0.104 e. The van der Waals surface area contributed by atoms with Gasteiger partial charge >= 0.3 is 0 Å². The first-order valence-corrected chi connectivity index (χ1v) is 3.70. The molecule has 1 saturated heterocycles. The third-order valence-corrected chi connectivity index (χ3v) is 1.52. The highest BCUT2D eigenvalue weighted by atomic mass is 16.6. The second kappa shape index (κ2) is 3.91. The Labute approximate surface area is 61.7 Å². The summed E-state index contributed by atoms with van der Waals surface area (Å²) in [6, 6.07) is 0. The van der Waals surface area contributed by atoms with E-state index in [0.717, 1.165) is 19.8 Å². The van der Waals surface area contributed by atoms with Crippen molar-refractivity contribution in [3.8, 4) is 0 Å². The van der Waals surface area contributed by atoms with E-state index >= 15 is 0 Å². The zero-order valence-electron chi connectivity index (χ0n) is 6.59. The molecule has 1 aliphatic rings. The summed E-state index contributed by atoms with van der Waals surface area (Å²) in [4.78, 5) is 0. The van der Waals surface area contributed by atoms with Gasteiger partial charge in [0.15, 0.2) is 0 Å². The topological polar surface area (TPSA) is 30.5 Å². The monoisotopic (exact) mass is 145 g/mol. The summed E-state index contributed by atoms with van der Waals surface area (Å²) in [6.45, 7) is 4.52. The number of ether oxygens (including phenoxy) is 2. The van der Waals surface area contributed by atoms with Gasteiger partial charge in [-0.2, -0.15) is 0 Å². The molecule has 1 N–H and O–H groups in total. The molecular formula is C7H15NO2. The molecule has 0 spiro atoms. The fraction of sp³-hybridized carbons (Fsp3) is 1.00. The lowest BCUT2D eigenvalue weighted by molar-refractivity contribution is -0.149. The molecule has 1 unspecified atom stereocenters. The first-order chi connectivity index (χ1) is 4.83. The highest BCUT2D eigenvalue weighted by Crippen LogP contribution is 2.07. The average molecular weight is 145 g/mol. The Hall–Kier alpha value is -0.120. The van der Waals surface area contributed by atoms with E-state index in [9.17, 15) is 0 Å². The average Bonchev–Trinajstić information content (AvgIpc) is 1.80. The van der Waals surface area contributed by atoms with Crippen LogP contribution in [0.2, 0.25) is 0 Å². The molecule has 10 heavy (non-hydrogen) atoms. The van der Waals surface area contributed by atoms with Gasteiger partial charge in [-0.3, -0.25) is 0 Å². The Morgan fingerprint density at radius 3 is 2.80 bits per heavy atom. The van der Waals surface area contributed by atoms with Gasteiger partial charge < -0.3 is 14.8 Å². The summed E-state index contributed by atoms with van der Waals surface area (Å²) in [6.07, 6.45) is 0.655. The maximum absolute atomic E-state index is 5.54. The zero-order chi connectivity index (χ0) is 7.40. The molecule has 0 saturated carbocycles. The summed E-state index contributed by atoms with van der Waals surface area (Å²) >= 11 is 0. The fourth-order valence-corrected chi connectivity index (χ4v) is 0.957. The molecule has 1 atom stereocenters. The molecule has 0 aromatic carbocycles. The molecule has 60 valence electrons. The smallest absolute Gasteiger partial charge is 0.104 e. The second-order valence-corrected chi connectivity index (χ2v) is 2.66. The van der Waals surface area contributed by atoms with E-state index in [-0.39, 0.29) is 0 Å².